The van der Waals surface area contributed by atoms with Crippen molar-refractivity contribution in [2.24, 2.45) is 0 Å². The summed E-state index contributed by atoms with van der Waals surface area (Å²) in [7, 11) is 0. The molecule has 8 heteroatoms. The van der Waals surface area contributed by atoms with Crippen molar-refractivity contribution in [3.8, 4) is 0 Å². The first-order valence-electron chi connectivity index (χ1n) is 5.11. The molecule has 0 aromatic rings. The van der Waals surface area contributed by atoms with E-state index in [4.69, 9.17) is 9.84 Å². The minimum atomic E-state index is -1.07. The number of rotatable bonds is 2. The van der Waals surface area contributed by atoms with E-state index < -0.39 is 30.7 Å². The summed E-state index contributed by atoms with van der Waals surface area (Å²) in [6.45, 7) is -0.305. The van der Waals surface area contributed by atoms with Crippen LogP contribution in [0.25, 0.3) is 0 Å². The van der Waals surface area contributed by atoms with Crippen LogP contribution in [-0.2, 0) is 4.74 Å². The molecule has 0 spiro atoms. The van der Waals surface area contributed by atoms with Crippen LogP contribution in [0.15, 0.2) is 10.7 Å². The number of hydrogen-bond acceptors (Lipinski definition) is 5. The van der Waals surface area contributed by atoms with Crippen LogP contribution >= 0.6 is 15.9 Å². The van der Waals surface area contributed by atoms with Gasteiger partial charge in [0.15, 0.2) is 6.23 Å². The highest BCUT2D eigenvalue weighted by molar-refractivity contribution is 9.11. The molecule has 2 aliphatic rings. The minimum absolute atomic E-state index is 0.214. The Hall–Kier alpha value is -0.670. The molecule has 0 saturated carbocycles. The molecule has 1 unspecified atom stereocenters. The van der Waals surface area contributed by atoms with Crippen LogP contribution in [0.5, 0.6) is 0 Å². The highest BCUT2D eigenvalue weighted by Crippen LogP contribution is 2.26. The predicted octanol–water partition coefficient (Wildman–Crippen LogP) is -0.966. The molecule has 1 saturated heterocycles. The average molecular weight is 309 g/mol. The SMILES string of the molecule is O=C1NC(O)C(Br)=CN1[C@H]1C[C@H](O)[C@@H](CO)O1. The van der Waals surface area contributed by atoms with Crippen LogP contribution in [0.2, 0.25) is 0 Å². The fourth-order valence-corrected chi connectivity index (χ4v) is 2.12. The number of nitrogens with one attached hydrogen (secondary N) is 1. The number of carbonyl (C=O) groups excluding carboxylic acids is 1. The lowest BCUT2D eigenvalue weighted by Crippen LogP contribution is -2.50. The third-order valence-corrected chi connectivity index (χ3v) is 3.35. The number of hydrogen-bond donors (Lipinski definition) is 4. The van der Waals surface area contributed by atoms with E-state index in [1.807, 2.05) is 0 Å². The zero-order valence-electron chi connectivity index (χ0n) is 8.78. The fourth-order valence-electron chi connectivity index (χ4n) is 1.79. The number of aliphatic hydroxyl groups is 3. The first-order valence-corrected chi connectivity index (χ1v) is 5.90. The molecule has 2 rings (SSSR count). The van der Waals surface area contributed by atoms with Gasteiger partial charge in [-0.3, -0.25) is 4.90 Å². The van der Waals surface area contributed by atoms with E-state index in [1.54, 1.807) is 0 Å². The smallest absolute Gasteiger partial charge is 0.325 e. The third kappa shape index (κ3) is 2.45. The molecule has 1 fully saturated rings. The topological polar surface area (TPSA) is 102 Å². The van der Waals surface area contributed by atoms with Crippen molar-refractivity contribution in [1.29, 1.82) is 0 Å². The number of aliphatic hydroxyl groups excluding tert-OH is 3. The Labute approximate surface area is 106 Å². The van der Waals surface area contributed by atoms with E-state index in [-0.39, 0.29) is 13.0 Å². The highest BCUT2D eigenvalue weighted by Gasteiger charge is 2.39. The maximum Gasteiger partial charge on any atom is 0.325 e. The van der Waals surface area contributed by atoms with E-state index in [0.29, 0.717) is 4.48 Å². The Bertz CT molecular complexity index is 350. The molecule has 2 heterocycles. The average Bonchev–Trinajstić information content (AvgIpc) is 2.65. The molecule has 7 nitrogen and oxygen atoms in total. The van der Waals surface area contributed by atoms with Gasteiger partial charge in [-0.25, -0.2) is 4.79 Å². The first kappa shape index (κ1) is 12.8. The number of amides is 2. The van der Waals surface area contributed by atoms with Crippen LogP contribution in [0, 0.1) is 0 Å². The molecule has 4 N–H and O–H groups in total. The second-order valence-electron chi connectivity index (χ2n) is 3.89. The van der Waals surface area contributed by atoms with Gasteiger partial charge in [-0.1, -0.05) is 0 Å². The van der Waals surface area contributed by atoms with Gasteiger partial charge in [0.1, 0.15) is 12.3 Å². The molecule has 0 bridgehead atoms. The minimum Gasteiger partial charge on any atom is -0.394 e. The van der Waals surface area contributed by atoms with Gasteiger partial charge in [-0.05, 0) is 15.9 Å². The van der Waals surface area contributed by atoms with Crippen LogP contribution in [0.3, 0.4) is 0 Å². The summed E-state index contributed by atoms with van der Waals surface area (Å²) in [5, 5.41) is 30.2. The summed E-state index contributed by atoms with van der Waals surface area (Å²) in [6.07, 6.45) is -1.60. The van der Waals surface area contributed by atoms with Crippen LogP contribution in [0.1, 0.15) is 6.42 Å². The molecule has 17 heavy (non-hydrogen) atoms. The number of nitrogens with zero attached hydrogens (tertiary/aromatic N) is 1. The van der Waals surface area contributed by atoms with Gasteiger partial charge in [-0.2, -0.15) is 0 Å². The van der Waals surface area contributed by atoms with Crippen LogP contribution in [0.4, 0.5) is 4.79 Å². The van der Waals surface area contributed by atoms with E-state index in [0.717, 1.165) is 0 Å². The number of ether oxygens (including phenoxy) is 1. The zero-order chi connectivity index (χ0) is 12.6. The monoisotopic (exact) mass is 308 g/mol. The Kier molecular flexibility index (Phi) is 3.69. The van der Waals surface area contributed by atoms with Crippen molar-refractivity contribution in [3.05, 3.63) is 10.7 Å². The quantitative estimate of drug-likeness (QED) is 0.526. The molecule has 2 amide bonds. The van der Waals surface area contributed by atoms with E-state index in [2.05, 4.69) is 21.2 Å². The van der Waals surface area contributed by atoms with Gasteiger partial charge < -0.3 is 25.4 Å². The number of halogens is 1. The Morgan fingerprint density at radius 2 is 2.29 bits per heavy atom. The molecule has 0 aromatic carbocycles. The zero-order valence-corrected chi connectivity index (χ0v) is 10.4. The van der Waals surface area contributed by atoms with E-state index in [1.165, 1.54) is 11.1 Å². The van der Waals surface area contributed by atoms with Crippen molar-refractivity contribution in [3.63, 3.8) is 0 Å². The second kappa shape index (κ2) is 4.91. The van der Waals surface area contributed by atoms with Crippen molar-refractivity contribution in [2.75, 3.05) is 6.61 Å². The highest BCUT2D eigenvalue weighted by atomic mass is 79.9. The van der Waals surface area contributed by atoms with Crippen LogP contribution < -0.4 is 5.32 Å². The van der Waals surface area contributed by atoms with E-state index >= 15 is 0 Å². The molecule has 0 aromatic heterocycles. The predicted molar refractivity (Wildman–Crippen MR) is 59.8 cm³/mol. The van der Waals surface area contributed by atoms with Crippen molar-refractivity contribution < 1.29 is 24.9 Å². The van der Waals surface area contributed by atoms with Gasteiger partial charge in [0, 0.05) is 12.6 Å². The molecular formula is C9H13BrN2O5. The molecule has 4 atom stereocenters. The lowest BCUT2D eigenvalue weighted by atomic mass is 10.2. The largest absolute Gasteiger partial charge is 0.394 e. The molecular weight excluding hydrogens is 296 g/mol. The molecule has 96 valence electrons. The summed E-state index contributed by atoms with van der Waals surface area (Å²) in [5.74, 6) is 0. The maximum atomic E-state index is 11.6. The van der Waals surface area contributed by atoms with Gasteiger partial charge in [0.25, 0.3) is 0 Å². The Morgan fingerprint density at radius 1 is 1.59 bits per heavy atom. The summed E-state index contributed by atoms with van der Waals surface area (Å²) >= 11 is 3.10. The molecule has 0 radical (unpaired) electrons. The van der Waals surface area contributed by atoms with Gasteiger partial charge in [-0.15, -0.1) is 0 Å². The second-order valence-corrected chi connectivity index (χ2v) is 4.80. The van der Waals surface area contributed by atoms with Crippen LogP contribution in [-0.4, -0.2) is 57.5 Å². The van der Waals surface area contributed by atoms with Gasteiger partial charge in [0.2, 0.25) is 0 Å². The number of urea groups is 1. The third-order valence-electron chi connectivity index (χ3n) is 2.71. The lowest BCUT2D eigenvalue weighted by molar-refractivity contribution is -0.0556. The Morgan fingerprint density at radius 3 is 2.88 bits per heavy atom. The normalized spacial score (nSPS) is 38.0. The van der Waals surface area contributed by atoms with Gasteiger partial charge >= 0.3 is 6.03 Å². The van der Waals surface area contributed by atoms with Gasteiger partial charge in [0.05, 0.1) is 17.2 Å². The maximum absolute atomic E-state index is 11.6. The Balaban J connectivity index is 2.11. The lowest BCUT2D eigenvalue weighted by Gasteiger charge is -2.31. The van der Waals surface area contributed by atoms with E-state index in [9.17, 15) is 15.0 Å². The van der Waals surface area contributed by atoms with Crippen molar-refractivity contribution in [1.82, 2.24) is 10.2 Å². The molecule has 0 aliphatic carbocycles. The number of carbonyl (C=O) groups is 1. The summed E-state index contributed by atoms with van der Waals surface area (Å²) < 4.78 is 5.73. The summed E-state index contributed by atoms with van der Waals surface area (Å²) in [4.78, 5) is 12.8. The summed E-state index contributed by atoms with van der Waals surface area (Å²) in [6, 6.07) is -0.517. The summed E-state index contributed by atoms with van der Waals surface area (Å²) in [5.41, 5.74) is 0. The fraction of sp³-hybridized carbons (Fsp3) is 0.667. The standard InChI is InChI=1S/C9H13BrN2O5/c10-4-2-12(9(16)11-8(4)15)7-1-5(14)6(3-13)17-7/h2,5-8,13-15H,1,3H2,(H,11,16)/t5-,6+,7+,8?/m0/s1. The van der Waals surface area contributed by atoms with Crippen molar-refractivity contribution >= 4 is 22.0 Å². The molecule has 2 aliphatic heterocycles. The van der Waals surface area contributed by atoms with Crippen molar-refractivity contribution in [2.45, 2.75) is 31.1 Å². The first-order chi connectivity index (χ1) is 8.02.